The van der Waals surface area contributed by atoms with Crippen LogP contribution in [0.25, 0.3) is 0 Å². The van der Waals surface area contributed by atoms with Crippen LogP contribution in [0.5, 0.6) is 0 Å². The Balaban J connectivity index is 1.93. The molecule has 3 unspecified atom stereocenters. The van der Waals surface area contributed by atoms with Crippen LogP contribution in [0.4, 0.5) is 0 Å². The topological polar surface area (TPSA) is 55.5 Å². The molecule has 1 aromatic rings. The third-order valence-electron chi connectivity index (χ3n) is 4.15. The Morgan fingerprint density at radius 2 is 2.10 bits per heavy atom. The highest BCUT2D eigenvalue weighted by molar-refractivity contribution is 6.42. The fraction of sp³-hybridized carbons (Fsp3) is 0.625. The third kappa shape index (κ3) is 4.83. The van der Waals surface area contributed by atoms with E-state index in [0.717, 1.165) is 31.4 Å². The lowest BCUT2D eigenvalue weighted by molar-refractivity contribution is 0.000432. The summed E-state index contributed by atoms with van der Waals surface area (Å²) in [6.07, 6.45) is 4.80. The predicted molar refractivity (Wildman–Crippen MR) is 87.1 cm³/mol. The Labute approximate surface area is 136 Å². The highest BCUT2D eigenvalue weighted by Crippen LogP contribution is 2.29. The Kier molecular flexibility index (Phi) is 6.77. The summed E-state index contributed by atoms with van der Waals surface area (Å²) in [5, 5.41) is 11.5. The standard InChI is InChI=1S/C16H23Cl2NO2/c17-14-6-4-11(9-15(14)18)13(10-19)16(20)7-5-12-3-1-2-8-21-12/h4,6,9,12-13,16,20H,1-3,5,7-8,10,19H2. The molecular weight excluding hydrogens is 309 g/mol. The Morgan fingerprint density at radius 1 is 1.29 bits per heavy atom. The molecule has 1 heterocycles. The molecule has 0 aliphatic carbocycles. The molecule has 0 bridgehead atoms. The molecular formula is C16H23Cl2NO2. The van der Waals surface area contributed by atoms with E-state index in [1.165, 1.54) is 6.42 Å². The molecule has 1 aliphatic heterocycles. The van der Waals surface area contributed by atoms with Gasteiger partial charge < -0.3 is 15.6 Å². The SMILES string of the molecule is NCC(c1ccc(Cl)c(Cl)c1)C(O)CCC1CCCCO1. The first-order chi connectivity index (χ1) is 10.1. The zero-order chi connectivity index (χ0) is 15.2. The summed E-state index contributed by atoms with van der Waals surface area (Å²) in [6, 6.07) is 5.42. The lowest BCUT2D eigenvalue weighted by Gasteiger charge is -2.26. The number of aliphatic hydroxyl groups is 1. The molecule has 0 radical (unpaired) electrons. The number of ether oxygens (including phenoxy) is 1. The maximum atomic E-state index is 10.4. The Bertz CT molecular complexity index is 450. The highest BCUT2D eigenvalue weighted by atomic mass is 35.5. The maximum Gasteiger partial charge on any atom is 0.0621 e. The normalized spacial score (nSPS) is 22.0. The number of rotatable bonds is 6. The summed E-state index contributed by atoms with van der Waals surface area (Å²) < 4.78 is 5.70. The average Bonchev–Trinajstić information content (AvgIpc) is 2.50. The zero-order valence-electron chi connectivity index (χ0n) is 12.1. The van der Waals surface area contributed by atoms with Crippen molar-refractivity contribution in [3.63, 3.8) is 0 Å². The van der Waals surface area contributed by atoms with Crippen LogP contribution in [-0.2, 0) is 4.74 Å². The molecule has 1 fully saturated rings. The van der Waals surface area contributed by atoms with E-state index >= 15 is 0 Å². The van der Waals surface area contributed by atoms with Crippen molar-refractivity contribution >= 4 is 23.2 Å². The van der Waals surface area contributed by atoms with Crippen LogP contribution in [0.15, 0.2) is 18.2 Å². The zero-order valence-corrected chi connectivity index (χ0v) is 13.6. The second kappa shape index (κ2) is 8.35. The number of hydrogen-bond acceptors (Lipinski definition) is 3. The first kappa shape index (κ1) is 17.0. The van der Waals surface area contributed by atoms with Gasteiger partial charge in [-0.2, -0.15) is 0 Å². The fourth-order valence-electron chi connectivity index (χ4n) is 2.85. The van der Waals surface area contributed by atoms with E-state index in [1.807, 2.05) is 6.07 Å². The molecule has 3 atom stereocenters. The van der Waals surface area contributed by atoms with Crippen LogP contribution in [0.1, 0.15) is 43.6 Å². The summed E-state index contributed by atoms with van der Waals surface area (Å²) in [4.78, 5) is 0. The van der Waals surface area contributed by atoms with E-state index in [-0.39, 0.29) is 12.0 Å². The minimum Gasteiger partial charge on any atom is -0.392 e. The average molecular weight is 332 g/mol. The van der Waals surface area contributed by atoms with Crippen molar-refractivity contribution in [3.8, 4) is 0 Å². The molecule has 5 heteroatoms. The molecule has 2 rings (SSSR count). The maximum absolute atomic E-state index is 10.4. The lowest BCUT2D eigenvalue weighted by Crippen LogP contribution is -2.28. The lowest BCUT2D eigenvalue weighted by atomic mass is 9.89. The van der Waals surface area contributed by atoms with Gasteiger partial charge in [-0.25, -0.2) is 0 Å². The second-order valence-corrected chi connectivity index (χ2v) is 6.46. The molecule has 3 N–H and O–H groups in total. The monoisotopic (exact) mass is 331 g/mol. The van der Waals surface area contributed by atoms with Gasteiger partial charge in [0.05, 0.1) is 22.3 Å². The van der Waals surface area contributed by atoms with Gasteiger partial charge in [-0.1, -0.05) is 29.3 Å². The van der Waals surface area contributed by atoms with E-state index in [4.69, 9.17) is 33.7 Å². The molecule has 3 nitrogen and oxygen atoms in total. The van der Waals surface area contributed by atoms with Crippen LogP contribution >= 0.6 is 23.2 Å². The van der Waals surface area contributed by atoms with E-state index in [2.05, 4.69) is 0 Å². The number of benzene rings is 1. The molecule has 21 heavy (non-hydrogen) atoms. The van der Waals surface area contributed by atoms with Crippen molar-refractivity contribution in [2.75, 3.05) is 13.2 Å². The third-order valence-corrected chi connectivity index (χ3v) is 4.89. The van der Waals surface area contributed by atoms with Gasteiger partial charge in [0, 0.05) is 19.1 Å². The largest absolute Gasteiger partial charge is 0.392 e. The van der Waals surface area contributed by atoms with Gasteiger partial charge in [0.25, 0.3) is 0 Å². The second-order valence-electron chi connectivity index (χ2n) is 5.65. The van der Waals surface area contributed by atoms with E-state index in [1.54, 1.807) is 12.1 Å². The van der Waals surface area contributed by atoms with Gasteiger partial charge >= 0.3 is 0 Å². The van der Waals surface area contributed by atoms with Gasteiger partial charge in [0.2, 0.25) is 0 Å². The van der Waals surface area contributed by atoms with E-state index < -0.39 is 6.10 Å². The highest BCUT2D eigenvalue weighted by Gasteiger charge is 2.23. The molecule has 0 spiro atoms. The fourth-order valence-corrected chi connectivity index (χ4v) is 3.16. The van der Waals surface area contributed by atoms with Crippen molar-refractivity contribution < 1.29 is 9.84 Å². The minimum atomic E-state index is -0.488. The van der Waals surface area contributed by atoms with Gasteiger partial charge in [0.1, 0.15) is 0 Å². The number of nitrogens with two attached hydrogens (primary N) is 1. The summed E-state index contributed by atoms with van der Waals surface area (Å²) in [7, 11) is 0. The van der Waals surface area contributed by atoms with Crippen LogP contribution < -0.4 is 5.73 Å². The van der Waals surface area contributed by atoms with Crippen LogP contribution in [0.3, 0.4) is 0 Å². The summed E-state index contributed by atoms with van der Waals surface area (Å²) in [5.74, 6) is -0.122. The van der Waals surface area contributed by atoms with Crippen molar-refractivity contribution in [3.05, 3.63) is 33.8 Å². The molecule has 1 aromatic carbocycles. The van der Waals surface area contributed by atoms with Crippen LogP contribution in [0, 0.1) is 0 Å². The van der Waals surface area contributed by atoms with Crippen LogP contribution in [0.2, 0.25) is 10.0 Å². The van der Waals surface area contributed by atoms with Crippen molar-refractivity contribution in [2.24, 2.45) is 5.73 Å². The van der Waals surface area contributed by atoms with Gasteiger partial charge in [-0.05, 0) is 49.8 Å². The minimum absolute atomic E-state index is 0.122. The van der Waals surface area contributed by atoms with E-state index in [0.29, 0.717) is 23.0 Å². The molecule has 1 saturated heterocycles. The number of hydrogen-bond donors (Lipinski definition) is 2. The van der Waals surface area contributed by atoms with Crippen molar-refractivity contribution in [2.45, 2.75) is 50.2 Å². The Hall–Kier alpha value is -0.320. The number of aliphatic hydroxyl groups excluding tert-OH is 1. The summed E-state index contributed by atoms with van der Waals surface area (Å²) >= 11 is 12.0. The van der Waals surface area contributed by atoms with E-state index in [9.17, 15) is 5.11 Å². The summed E-state index contributed by atoms with van der Waals surface area (Å²) in [5.41, 5.74) is 6.77. The van der Waals surface area contributed by atoms with Crippen molar-refractivity contribution in [1.82, 2.24) is 0 Å². The Morgan fingerprint density at radius 3 is 2.71 bits per heavy atom. The molecule has 0 amide bonds. The smallest absolute Gasteiger partial charge is 0.0621 e. The molecule has 1 aliphatic rings. The van der Waals surface area contributed by atoms with Crippen molar-refractivity contribution in [1.29, 1.82) is 0 Å². The first-order valence-corrected chi connectivity index (χ1v) is 8.32. The molecule has 118 valence electrons. The molecule has 0 aromatic heterocycles. The predicted octanol–water partition coefficient (Wildman–Crippen LogP) is 3.75. The van der Waals surface area contributed by atoms with Gasteiger partial charge in [-0.3, -0.25) is 0 Å². The number of halogens is 2. The summed E-state index contributed by atoms with van der Waals surface area (Å²) in [6.45, 7) is 1.22. The quantitative estimate of drug-likeness (QED) is 0.834. The molecule has 0 saturated carbocycles. The van der Waals surface area contributed by atoms with Gasteiger partial charge in [-0.15, -0.1) is 0 Å². The van der Waals surface area contributed by atoms with Gasteiger partial charge in [0.15, 0.2) is 0 Å². The van der Waals surface area contributed by atoms with Crippen LogP contribution in [-0.4, -0.2) is 30.5 Å². The first-order valence-electron chi connectivity index (χ1n) is 7.56.